The Morgan fingerprint density at radius 1 is 1.27 bits per heavy atom. The van der Waals surface area contributed by atoms with Gasteiger partial charge in [0.05, 0.1) is 0 Å². The second-order valence-corrected chi connectivity index (χ2v) is 4.66. The van der Waals surface area contributed by atoms with Crippen LogP contribution < -0.4 is 5.32 Å². The van der Waals surface area contributed by atoms with E-state index in [0.29, 0.717) is 25.3 Å². The summed E-state index contributed by atoms with van der Waals surface area (Å²) in [5.74, 6) is 0.669. The van der Waals surface area contributed by atoms with Crippen LogP contribution in [0.1, 0.15) is 12.0 Å². The number of pyridine rings is 1. The van der Waals surface area contributed by atoms with Gasteiger partial charge in [-0.15, -0.1) is 0 Å². The molecule has 3 aromatic rings. The smallest absolute Gasteiger partial charge is 0.222 e. The Hall–Kier alpha value is -3.03. The molecule has 0 fully saturated rings. The molecule has 1 amide bonds. The fraction of sp³-hybridized carbons (Fsp3) is 0.214. The SMILES string of the molecule is O=C(CCn1cccn1)NCc1ccc(-n2cncn2)nc1. The summed E-state index contributed by atoms with van der Waals surface area (Å²) in [5, 5.41) is 10.9. The Kier molecular flexibility index (Phi) is 4.19. The lowest BCUT2D eigenvalue weighted by Crippen LogP contribution is -2.24. The highest BCUT2D eigenvalue weighted by atomic mass is 16.1. The van der Waals surface area contributed by atoms with Gasteiger partial charge in [0.25, 0.3) is 0 Å². The highest BCUT2D eigenvalue weighted by Gasteiger charge is 2.03. The summed E-state index contributed by atoms with van der Waals surface area (Å²) in [6, 6.07) is 5.57. The van der Waals surface area contributed by atoms with Crippen molar-refractivity contribution in [3.63, 3.8) is 0 Å². The van der Waals surface area contributed by atoms with E-state index in [1.54, 1.807) is 28.1 Å². The summed E-state index contributed by atoms with van der Waals surface area (Å²) in [6.07, 6.45) is 8.67. The Labute approximate surface area is 126 Å². The molecule has 8 heteroatoms. The zero-order chi connectivity index (χ0) is 15.2. The van der Waals surface area contributed by atoms with Crippen LogP contribution in [0, 0.1) is 0 Å². The summed E-state index contributed by atoms with van der Waals surface area (Å²) < 4.78 is 3.31. The van der Waals surface area contributed by atoms with Crippen LogP contribution in [0.4, 0.5) is 0 Å². The fourth-order valence-electron chi connectivity index (χ4n) is 1.92. The maximum Gasteiger partial charge on any atom is 0.222 e. The lowest BCUT2D eigenvalue weighted by Gasteiger charge is -2.06. The van der Waals surface area contributed by atoms with Crippen LogP contribution in [-0.2, 0) is 17.9 Å². The molecular formula is C14H15N7O. The van der Waals surface area contributed by atoms with Gasteiger partial charge in [0.15, 0.2) is 5.82 Å². The van der Waals surface area contributed by atoms with Gasteiger partial charge in [-0.1, -0.05) is 6.07 Å². The summed E-state index contributed by atoms with van der Waals surface area (Å²) in [6.45, 7) is 1.02. The normalized spacial score (nSPS) is 10.5. The second kappa shape index (κ2) is 6.61. The van der Waals surface area contributed by atoms with Gasteiger partial charge < -0.3 is 5.32 Å². The molecule has 0 unspecified atom stereocenters. The number of carbonyl (C=O) groups is 1. The molecule has 0 bridgehead atoms. The number of aryl methyl sites for hydroxylation is 1. The van der Waals surface area contributed by atoms with Crippen LogP contribution >= 0.6 is 0 Å². The van der Waals surface area contributed by atoms with Gasteiger partial charge in [0.2, 0.25) is 5.91 Å². The van der Waals surface area contributed by atoms with Crippen LogP contribution in [0.3, 0.4) is 0 Å². The number of carbonyl (C=O) groups excluding carboxylic acids is 1. The minimum atomic E-state index is -0.0177. The Balaban J connectivity index is 1.48. The topological polar surface area (TPSA) is 90.5 Å². The van der Waals surface area contributed by atoms with Crippen LogP contribution in [-0.4, -0.2) is 35.4 Å². The molecule has 0 aromatic carbocycles. The number of nitrogens with one attached hydrogen (secondary N) is 1. The molecule has 0 saturated carbocycles. The number of amides is 1. The van der Waals surface area contributed by atoms with E-state index >= 15 is 0 Å². The molecule has 0 aliphatic rings. The van der Waals surface area contributed by atoms with Crippen molar-refractivity contribution in [2.45, 2.75) is 19.5 Å². The van der Waals surface area contributed by atoms with Crippen molar-refractivity contribution in [2.24, 2.45) is 0 Å². The van der Waals surface area contributed by atoms with Gasteiger partial charge in [-0.3, -0.25) is 9.48 Å². The fourth-order valence-corrected chi connectivity index (χ4v) is 1.92. The standard InChI is InChI=1S/C14H15N7O/c22-14(4-7-20-6-1-5-18-20)17-9-12-2-3-13(16-8-12)21-11-15-10-19-21/h1-3,5-6,8,10-11H,4,7,9H2,(H,17,22). The first-order chi connectivity index (χ1) is 10.8. The van der Waals surface area contributed by atoms with E-state index < -0.39 is 0 Å². The Bertz CT molecular complexity index is 704. The largest absolute Gasteiger partial charge is 0.352 e. The molecule has 0 spiro atoms. The molecule has 8 nitrogen and oxygen atoms in total. The lowest BCUT2D eigenvalue weighted by molar-refractivity contribution is -0.121. The van der Waals surface area contributed by atoms with E-state index in [1.807, 2.05) is 24.4 Å². The van der Waals surface area contributed by atoms with Gasteiger partial charge in [-0.25, -0.2) is 14.6 Å². The third-order valence-electron chi connectivity index (χ3n) is 3.08. The number of hydrogen-bond acceptors (Lipinski definition) is 5. The molecule has 3 aromatic heterocycles. The molecule has 0 aliphatic carbocycles. The van der Waals surface area contributed by atoms with Gasteiger partial charge in [0.1, 0.15) is 12.7 Å². The quantitative estimate of drug-likeness (QED) is 0.718. The molecule has 22 heavy (non-hydrogen) atoms. The van der Waals surface area contributed by atoms with Crippen molar-refractivity contribution in [3.8, 4) is 5.82 Å². The van der Waals surface area contributed by atoms with Gasteiger partial charge in [-0.2, -0.15) is 10.2 Å². The van der Waals surface area contributed by atoms with E-state index in [4.69, 9.17) is 0 Å². The minimum Gasteiger partial charge on any atom is -0.352 e. The Morgan fingerprint density at radius 2 is 2.23 bits per heavy atom. The second-order valence-electron chi connectivity index (χ2n) is 4.66. The summed E-state index contributed by atoms with van der Waals surface area (Å²) >= 11 is 0. The average Bonchev–Trinajstić information content (AvgIpc) is 3.24. The maximum atomic E-state index is 11.8. The van der Waals surface area contributed by atoms with Crippen LogP contribution in [0.25, 0.3) is 5.82 Å². The third kappa shape index (κ3) is 3.54. The van der Waals surface area contributed by atoms with E-state index in [-0.39, 0.29) is 5.91 Å². The zero-order valence-electron chi connectivity index (χ0n) is 11.8. The summed E-state index contributed by atoms with van der Waals surface area (Å²) in [4.78, 5) is 19.9. The van der Waals surface area contributed by atoms with Crippen LogP contribution in [0.5, 0.6) is 0 Å². The highest BCUT2D eigenvalue weighted by Crippen LogP contribution is 2.03. The first kappa shape index (κ1) is 13.9. The minimum absolute atomic E-state index is 0.0177. The average molecular weight is 297 g/mol. The van der Waals surface area contributed by atoms with Crippen molar-refractivity contribution < 1.29 is 4.79 Å². The molecule has 112 valence electrons. The van der Waals surface area contributed by atoms with E-state index in [9.17, 15) is 4.79 Å². The van der Waals surface area contributed by atoms with Gasteiger partial charge in [0, 0.05) is 38.1 Å². The highest BCUT2D eigenvalue weighted by molar-refractivity contribution is 5.75. The first-order valence-corrected chi connectivity index (χ1v) is 6.85. The predicted octanol–water partition coefficient (Wildman–Crippen LogP) is 0.565. The third-order valence-corrected chi connectivity index (χ3v) is 3.08. The van der Waals surface area contributed by atoms with Gasteiger partial charge >= 0.3 is 0 Å². The first-order valence-electron chi connectivity index (χ1n) is 6.85. The molecule has 3 heterocycles. The van der Waals surface area contributed by atoms with Crippen molar-refractivity contribution in [2.75, 3.05) is 0 Å². The number of hydrogen-bond donors (Lipinski definition) is 1. The van der Waals surface area contributed by atoms with Crippen molar-refractivity contribution in [3.05, 3.63) is 55.0 Å². The molecule has 1 N–H and O–H groups in total. The van der Waals surface area contributed by atoms with E-state index in [0.717, 1.165) is 5.56 Å². The van der Waals surface area contributed by atoms with Gasteiger partial charge in [-0.05, 0) is 17.7 Å². The lowest BCUT2D eigenvalue weighted by atomic mass is 10.2. The monoisotopic (exact) mass is 297 g/mol. The van der Waals surface area contributed by atoms with Crippen LogP contribution in [0.15, 0.2) is 49.4 Å². The summed E-state index contributed by atoms with van der Waals surface area (Å²) in [7, 11) is 0. The molecule has 0 saturated heterocycles. The Morgan fingerprint density at radius 3 is 2.91 bits per heavy atom. The predicted molar refractivity (Wildman–Crippen MR) is 77.8 cm³/mol. The molecule has 0 atom stereocenters. The molecule has 0 aliphatic heterocycles. The van der Waals surface area contributed by atoms with E-state index in [1.165, 1.54) is 6.33 Å². The summed E-state index contributed by atoms with van der Waals surface area (Å²) in [5.41, 5.74) is 0.927. The maximum absolute atomic E-state index is 11.8. The molecular weight excluding hydrogens is 282 g/mol. The number of nitrogens with zero attached hydrogens (tertiary/aromatic N) is 6. The van der Waals surface area contributed by atoms with Crippen LogP contribution in [0.2, 0.25) is 0 Å². The van der Waals surface area contributed by atoms with Crippen molar-refractivity contribution in [1.82, 2.24) is 34.8 Å². The van der Waals surface area contributed by atoms with Crippen molar-refractivity contribution >= 4 is 5.91 Å². The van der Waals surface area contributed by atoms with Crippen molar-refractivity contribution in [1.29, 1.82) is 0 Å². The zero-order valence-corrected chi connectivity index (χ0v) is 11.8. The molecule has 0 radical (unpaired) electrons. The number of rotatable bonds is 6. The molecule has 3 rings (SSSR count). The van der Waals surface area contributed by atoms with E-state index in [2.05, 4.69) is 25.5 Å². The number of aromatic nitrogens is 6.